The monoisotopic (exact) mass is 142 g/mol. The summed E-state index contributed by atoms with van der Waals surface area (Å²) < 4.78 is 0. The molecule has 2 N–H and O–H groups in total. The fraction of sp³-hybridized carbons (Fsp3) is 1.00. The maximum atomic E-state index is 5.58. The van der Waals surface area contributed by atoms with Crippen LogP contribution >= 0.6 is 0 Å². The van der Waals surface area contributed by atoms with E-state index in [1.54, 1.807) is 0 Å². The van der Waals surface area contributed by atoms with E-state index in [1.165, 1.54) is 32.5 Å². The van der Waals surface area contributed by atoms with Crippen molar-refractivity contribution in [3.05, 3.63) is 0 Å². The first kappa shape index (κ1) is 8.02. The number of nitrogens with two attached hydrogens (primary N) is 1. The Hall–Kier alpha value is -0.0800. The van der Waals surface area contributed by atoms with Crippen molar-refractivity contribution in [1.29, 1.82) is 0 Å². The van der Waals surface area contributed by atoms with E-state index in [9.17, 15) is 0 Å². The van der Waals surface area contributed by atoms with Gasteiger partial charge in [0.15, 0.2) is 0 Å². The fourth-order valence-electron chi connectivity index (χ4n) is 1.30. The number of likely N-dealkylation sites (tertiary alicyclic amines) is 1. The highest BCUT2D eigenvalue weighted by atomic mass is 15.2. The Morgan fingerprint density at radius 1 is 1.50 bits per heavy atom. The van der Waals surface area contributed by atoms with Gasteiger partial charge in [-0.05, 0) is 32.0 Å². The van der Waals surface area contributed by atoms with Crippen LogP contribution in [0.15, 0.2) is 0 Å². The lowest BCUT2D eigenvalue weighted by atomic mass is 10.0. The third kappa shape index (κ3) is 1.96. The van der Waals surface area contributed by atoms with Crippen molar-refractivity contribution in [2.45, 2.75) is 19.8 Å². The van der Waals surface area contributed by atoms with Crippen molar-refractivity contribution in [3.63, 3.8) is 0 Å². The Morgan fingerprint density at radius 2 is 2.20 bits per heavy atom. The average Bonchev–Trinajstić information content (AvgIpc) is 1.87. The summed E-state index contributed by atoms with van der Waals surface area (Å²) in [6, 6.07) is 0. The summed E-state index contributed by atoms with van der Waals surface area (Å²) >= 11 is 0. The van der Waals surface area contributed by atoms with E-state index in [1.807, 2.05) is 0 Å². The van der Waals surface area contributed by atoms with Crippen molar-refractivity contribution in [2.24, 2.45) is 11.7 Å². The van der Waals surface area contributed by atoms with Gasteiger partial charge in [0.25, 0.3) is 0 Å². The zero-order chi connectivity index (χ0) is 7.40. The molecule has 1 aliphatic rings. The molecular weight excluding hydrogens is 124 g/mol. The molecule has 60 valence electrons. The molecule has 2 nitrogen and oxygen atoms in total. The molecule has 0 radical (unpaired) electrons. The zero-order valence-corrected chi connectivity index (χ0v) is 6.84. The summed E-state index contributed by atoms with van der Waals surface area (Å²) in [6.45, 7) is 6.91. The maximum Gasteiger partial charge on any atom is 0.00216 e. The first-order valence-electron chi connectivity index (χ1n) is 4.29. The quantitative estimate of drug-likeness (QED) is 0.625. The van der Waals surface area contributed by atoms with Crippen LogP contribution in [0.5, 0.6) is 0 Å². The molecule has 0 aliphatic carbocycles. The summed E-state index contributed by atoms with van der Waals surface area (Å²) in [5.74, 6) is 0.736. The van der Waals surface area contributed by atoms with Gasteiger partial charge in [0, 0.05) is 6.54 Å². The highest BCUT2D eigenvalue weighted by Gasteiger charge is 2.16. The molecule has 0 spiro atoms. The molecule has 0 aromatic heterocycles. The molecule has 1 unspecified atom stereocenters. The van der Waals surface area contributed by atoms with Crippen LogP contribution in [0.1, 0.15) is 19.8 Å². The lowest BCUT2D eigenvalue weighted by Gasteiger charge is -2.33. The minimum atomic E-state index is 0.736. The standard InChI is InChI=1S/C8H18N2/c1-2-8(6-9)7-10-4-3-5-10/h8H,2-7,9H2,1H3. The van der Waals surface area contributed by atoms with Gasteiger partial charge in [-0.15, -0.1) is 0 Å². The second-order valence-electron chi connectivity index (χ2n) is 3.16. The van der Waals surface area contributed by atoms with Gasteiger partial charge in [-0.1, -0.05) is 13.3 Å². The van der Waals surface area contributed by atoms with Crippen LogP contribution in [-0.2, 0) is 0 Å². The first-order chi connectivity index (χ1) is 4.86. The van der Waals surface area contributed by atoms with Gasteiger partial charge >= 0.3 is 0 Å². The first-order valence-corrected chi connectivity index (χ1v) is 4.29. The van der Waals surface area contributed by atoms with Gasteiger partial charge in [-0.3, -0.25) is 0 Å². The van der Waals surface area contributed by atoms with Crippen LogP contribution in [0.3, 0.4) is 0 Å². The third-order valence-electron chi connectivity index (χ3n) is 2.38. The largest absolute Gasteiger partial charge is 0.330 e. The molecule has 0 amide bonds. The normalized spacial score (nSPS) is 22.2. The van der Waals surface area contributed by atoms with E-state index >= 15 is 0 Å². The Bertz CT molecular complexity index is 85.3. The van der Waals surface area contributed by atoms with Crippen molar-refractivity contribution >= 4 is 0 Å². The smallest absolute Gasteiger partial charge is 0.00216 e. The van der Waals surface area contributed by atoms with Crippen LogP contribution in [0, 0.1) is 5.92 Å². The molecule has 2 heteroatoms. The minimum absolute atomic E-state index is 0.736. The number of hydrogen-bond acceptors (Lipinski definition) is 2. The van der Waals surface area contributed by atoms with Gasteiger partial charge < -0.3 is 10.6 Å². The number of nitrogens with zero attached hydrogens (tertiary/aromatic N) is 1. The van der Waals surface area contributed by atoms with Crippen molar-refractivity contribution in [3.8, 4) is 0 Å². The predicted molar refractivity (Wildman–Crippen MR) is 43.9 cm³/mol. The Morgan fingerprint density at radius 3 is 2.50 bits per heavy atom. The van der Waals surface area contributed by atoms with Crippen LogP contribution in [-0.4, -0.2) is 31.1 Å². The van der Waals surface area contributed by atoms with E-state index in [0.29, 0.717) is 0 Å². The van der Waals surface area contributed by atoms with Gasteiger partial charge in [-0.25, -0.2) is 0 Å². The van der Waals surface area contributed by atoms with E-state index in [2.05, 4.69) is 11.8 Å². The Labute approximate surface area is 63.4 Å². The minimum Gasteiger partial charge on any atom is -0.330 e. The van der Waals surface area contributed by atoms with Gasteiger partial charge in [-0.2, -0.15) is 0 Å². The molecule has 0 saturated carbocycles. The van der Waals surface area contributed by atoms with Crippen molar-refractivity contribution in [2.75, 3.05) is 26.2 Å². The molecule has 0 aromatic carbocycles. The molecule has 10 heavy (non-hydrogen) atoms. The molecular formula is C8H18N2. The molecule has 1 fully saturated rings. The Balaban J connectivity index is 2.08. The van der Waals surface area contributed by atoms with Crippen LogP contribution < -0.4 is 5.73 Å². The highest BCUT2D eigenvalue weighted by Crippen LogP contribution is 2.10. The van der Waals surface area contributed by atoms with Crippen LogP contribution in [0.4, 0.5) is 0 Å². The maximum absolute atomic E-state index is 5.58. The molecule has 1 atom stereocenters. The van der Waals surface area contributed by atoms with Crippen LogP contribution in [0.2, 0.25) is 0 Å². The summed E-state index contributed by atoms with van der Waals surface area (Å²) in [7, 11) is 0. The Kier molecular flexibility index (Phi) is 3.16. The van der Waals surface area contributed by atoms with E-state index in [0.717, 1.165) is 12.5 Å². The second-order valence-corrected chi connectivity index (χ2v) is 3.16. The summed E-state index contributed by atoms with van der Waals surface area (Å²) in [5, 5.41) is 0. The lowest BCUT2D eigenvalue weighted by molar-refractivity contribution is 0.152. The van der Waals surface area contributed by atoms with Crippen molar-refractivity contribution < 1.29 is 0 Å². The van der Waals surface area contributed by atoms with Gasteiger partial charge in [0.1, 0.15) is 0 Å². The second kappa shape index (κ2) is 3.94. The molecule has 0 aromatic rings. The van der Waals surface area contributed by atoms with E-state index in [4.69, 9.17) is 5.73 Å². The van der Waals surface area contributed by atoms with Gasteiger partial charge in [0.2, 0.25) is 0 Å². The topological polar surface area (TPSA) is 29.3 Å². The molecule has 0 bridgehead atoms. The molecule has 1 heterocycles. The van der Waals surface area contributed by atoms with E-state index in [-0.39, 0.29) is 0 Å². The fourth-order valence-corrected chi connectivity index (χ4v) is 1.30. The predicted octanol–water partition coefficient (Wildman–Crippen LogP) is 0.677. The van der Waals surface area contributed by atoms with Gasteiger partial charge in [0.05, 0.1) is 0 Å². The lowest BCUT2D eigenvalue weighted by Crippen LogP contribution is -2.41. The SMILES string of the molecule is CCC(CN)CN1CCC1. The average molecular weight is 142 g/mol. The van der Waals surface area contributed by atoms with Crippen LogP contribution in [0.25, 0.3) is 0 Å². The summed E-state index contributed by atoms with van der Waals surface area (Å²) in [6.07, 6.45) is 2.62. The third-order valence-corrected chi connectivity index (χ3v) is 2.38. The molecule has 1 rings (SSSR count). The summed E-state index contributed by atoms with van der Waals surface area (Å²) in [4.78, 5) is 2.49. The number of hydrogen-bond donors (Lipinski definition) is 1. The zero-order valence-electron chi connectivity index (χ0n) is 6.84. The van der Waals surface area contributed by atoms with E-state index < -0.39 is 0 Å². The molecule has 1 aliphatic heterocycles. The number of rotatable bonds is 4. The molecule has 1 saturated heterocycles. The highest BCUT2D eigenvalue weighted by molar-refractivity contribution is 4.72. The van der Waals surface area contributed by atoms with Crippen molar-refractivity contribution in [1.82, 2.24) is 4.90 Å². The summed E-state index contributed by atoms with van der Waals surface area (Å²) in [5.41, 5.74) is 5.58.